The molecular weight excluding hydrogens is 513 g/mol. The van der Waals surface area contributed by atoms with Crippen LogP contribution in [0.4, 0.5) is 24.7 Å². The van der Waals surface area contributed by atoms with Crippen LogP contribution in [0.15, 0.2) is 41.9 Å². The summed E-state index contributed by atoms with van der Waals surface area (Å²) in [6.45, 7) is -0.0391. The van der Waals surface area contributed by atoms with Gasteiger partial charge < -0.3 is 21.8 Å². The molecule has 12 nitrogen and oxygen atoms in total. The number of hydrogen-bond acceptors (Lipinski definition) is 9. The Bertz CT molecular complexity index is 1270. The van der Waals surface area contributed by atoms with Gasteiger partial charge >= 0.3 is 6.18 Å². The number of hydrazine groups is 1. The minimum absolute atomic E-state index is 0.00289. The number of nitrogens with two attached hydrogens (primary N) is 2. The number of nitrogens with zero attached hydrogens (tertiary/aromatic N) is 4. The van der Waals surface area contributed by atoms with Gasteiger partial charge in [0.2, 0.25) is 5.96 Å². The van der Waals surface area contributed by atoms with Crippen molar-refractivity contribution < 1.29 is 22.8 Å². The molecule has 3 aromatic rings. The molecule has 8 N–H and O–H groups in total. The van der Waals surface area contributed by atoms with Crippen molar-refractivity contribution in [3.8, 4) is 0 Å². The number of alkyl halides is 3. The quantitative estimate of drug-likeness (QED) is 0.120. The van der Waals surface area contributed by atoms with Gasteiger partial charge in [0.25, 0.3) is 11.8 Å². The van der Waals surface area contributed by atoms with Crippen LogP contribution in [0.5, 0.6) is 0 Å². The van der Waals surface area contributed by atoms with Crippen molar-refractivity contribution in [3.05, 3.63) is 63.0 Å². The van der Waals surface area contributed by atoms with Gasteiger partial charge in [-0.3, -0.25) is 15.0 Å². The normalized spacial score (nSPS) is 11.6. The van der Waals surface area contributed by atoms with Gasteiger partial charge in [-0.05, 0) is 18.2 Å². The van der Waals surface area contributed by atoms with Gasteiger partial charge in [0.1, 0.15) is 27.7 Å². The number of hydrazone groups is 1. The second-order valence-corrected chi connectivity index (χ2v) is 8.01. The van der Waals surface area contributed by atoms with Crippen LogP contribution in [0.25, 0.3) is 0 Å². The predicted octanol–water partition coefficient (Wildman–Crippen LogP) is 1.89. The average molecular weight is 529 g/mol. The minimum Gasteiger partial charge on any atom is -0.344 e. The highest BCUT2D eigenvalue weighted by Crippen LogP contribution is 2.36. The van der Waals surface area contributed by atoms with Gasteiger partial charge in [0.05, 0.1) is 23.3 Å². The van der Waals surface area contributed by atoms with E-state index in [1.165, 1.54) is 18.3 Å². The summed E-state index contributed by atoms with van der Waals surface area (Å²) in [5, 5.41) is 10.8. The highest BCUT2D eigenvalue weighted by Gasteiger charge is 2.33. The van der Waals surface area contributed by atoms with Gasteiger partial charge in [-0.25, -0.2) is 20.8 Å². The first-order valence-corrected chi connectivity index (χ1v) is 10.5. The third-order valence-electron chi connectivity index (χ3n) is 4.12. The van der Waals surface area contributed by atoms with E-state index in [0.717, 1.165) is 29.8 Å². The van der Waals surface area contributed by atoms with E-state index in [-0.39, 0.29) is 34.6 Å². The Morgan fingerprint density at radius 1 is 1.11 bits per heavy atom. The molecule has 2 aromatic heterocycles. The highest BCUT2D eigenvalue weighted by atomic mass is 35.5. The Morgan fingerprint density at radius 3 is 2.57 bits per heavy atom. The standard InChI is InChI=1S/C18H16ClF3N10O2S/c19-10-2-1-8(3-9(10)18(20,21)22)29-16(34)12-5-25-14(35-12)6-26-15(33)11-4-13(28-7-27-11)30-17(31-23)32-24/h1-5,7H,6,23-24H2,(H,26,33)(H,29,34)(H2,27,28,30,31,32). The van der Waals surface area contributed by atoms with Crippen LogP contribution in [0, 0.1) is 0 Å². The number of carbonyl (C=O) groups is 2. The summed E-state index contributed by atoms with van der Waals surface area (Å²) in [4.78, 5) is 36.7. The molecule has 0 aliphatic rings. The van der Waals surface area contributed by atoms with Crippen LogP contribution in [0.3, 0.4) is 0 Å². The highest BCUT2D eigenvalue weighted by molar-refractivity contribution is 7.13. The van der Waals surface area contributed by atoms with Crippen LogP contribution >= 0.6 is 22.9 Å². The van der Waals surface area contributed by atoms with Gasteiger partial charge in [-0.15, -0.1) is 16.4 Å². The Kier molecular flexibility index (Phi) is 8.00. The molecule has 0 spiro atoms. The fraction of sp³-hybridized carbons (Fsp3) is 0.111. The second-order valence-electron chi connectivity index (χ2n) is 6.48. The van der Waals surface area contributed by atoms with Crippen molar-refractivity contribution in [1.82, 2.24) is 25.7 Å². The fourth-order valence-corrected chi connectivity index (χ4v) is 3.51. The summed E-state index contributed by atoms with van der Waals surface area (Å²) in [5.41, 5.74) is 1.04. The summed E-state index contributed by atoms with van der Waals surface area (Å²) in [7, 11) is 0. The van der Waals surface area contributed by atoms with Crippen molar-refractivity contribution in [2.75, 3.05) is 10.6 Å². The number of halogens is 4. The maximum Gasteiger partial charge on any atom is 0.417 e. The zero-order chi connectivity index (χ0) is 25.6. The number of guanidine groups is 1. The van der Waals surface area contributed by atoms with E-state index < -0.39 is 28.6 Å². The van der Waals surface area contributed by atoms with E-state index >= 15 is 0 Å². The second kappa shape index (κ2) is 10.9. The number of anilines is 2. The van der Waals surface area contributed by atoms with Crippen molar-refractivity contribution in [3.63, 3.8) is 0 Å². The molecule has 1 aromatic carbocycles. The number of hydrogen-bond donors (Lipinski definition) is 6. The number of aromatic nitrogens is 3. The van der Waals surface area contributed by atoms with E-state index in [4.69, 9.17) is 23.3 Å². The van der Waals surface area contributed by atoms with Crippen molar-refractivity contribution >= 4 is 52.2 Å². The third-order valence-corrected chi connectivity index (χ3v) is 5.44. The molecule has 0 bridgehead atoms. The lowest BCUT2D eigenvalue weighted by Crippen LogP contribution is -2.37. The Balaban J connectivity index is 1.61. The number of carbonyl (C=O) groups excluding carboxylic acids is 2. The van der Waals surface area contributed by atoms with E-state index in [2.05, 4.69) is 41.4 Å². The van der Waals surface area contributed by atoms with Crippen LogP contribution in [-0.2, 0) is 12.7 Å². The first kappa shape index (κ1) is 25.6. The first-order valence-electron chi connectivity index (χ1n) is 9.35. The lowest BCUT2D eigenvalue weighted by atomic mass is 10.2. The van der Waals surface area contributed by atoms with E-state index in [1.54, 1.807) is 0 Å². The Labute approximate surface area is 204 Å². The summed E-state index contributed by atoms with van der Waals surface area (Å²) in [5.74, 6) is 9.27. The molecule has 0 aliphatic heterocycles. The van der Waals surface area contributed by atoms with Crippen molar-refractivity contribution in [2.24, 2.45) is 16.8 Å². The molecule has 35 heavy (non-hydrogen) atoms. The number of nitrogens with one attached hydrogen (secondary N) is 4. The summed E-state index contributed by atoms with van der Waals surface area (Å²) in [6.07, 6.45) is -2.30. The number of benzene rings is 1. The smallest absolute Gasteiger partial charge is 0.344 e. The molecule has 0 atom stereocenters. The lowest BCUT2D eigenvalue weighted by Gasteiger charge is -2.11. The number of rotatable bonds is 6. The molecular formula is C18H16ClF3N10O2S. The van der Waals surface area contributed by atoms with E-state index in [9.17, 15) is 22.8 Å². The fourth-order valence-electron chi connectivity index (χ4n) is 2.53. The molecule has 0 fully saturated rings. The monoisotopic (exact) mass is 528 g/mol. The Hall–Kier alpha value is -4.02. The zero-order valence-electron chi connectivity index (χ0n) is 17.4. The predicted molar refractivity (Wildman–Crippen MR) is 122 cm³/mol. The molecule has 0 saturated carbocycles. The van der Waals surface area contributed by atoms with E-state index in [0.29, 0.717) is 5.01 Å². The van der Waals surface area contributed by atoms with Crippen LogP contribution in [-0.4, -0.2) is 32.7 Å². The van der Waals surface area contributed by atoms with Crippen LogP contribution < -0.4 is 33.1 Å². The molecule has 17 heteroatoms. The first-order chi connectivity index (χ1) is 16.6. The lowest BCUT2D eigenvalue weighted by molar-refractivity contribution is -0.137. The summed E-state index contributed by atoms with van der Waals surface area (Å²) >= 11 is 6.53. The topological polar surface area (TPSA) is 185 Å². The minimum atomic E-state index is -4.67. The maximum absolute atomic E-state index is 13.0. The van der Waals surface area contributed by atoms with Gasteiger partial charge in [0, 0.05) is 11.8 Å². The molecule has 2 amide bonds. The largest absolute Gasteiger partial charge is 0.417 e. The molecule has 0 radical (unpaired) electrons. The van der Waals surface area contributed by atoms with Crippen LogP contribution in [0.1, 0.15) is 30.7 Å². The number of thiazole rings is 1. The summed E-state index contributed by atoms with van der Waals surface area (Å²) < 4.78 is 39.0. The van der Waals surface area contributed by atoms with Gasteiger partial charge in [-0.2, -0.15) is 13.2 Å². The SMILES string of the molecule is N/N=C(\NN)Nc1cc(C(=O)NCc2ncc(C(=O)Nc3ccc(Cl)c(C(F)(F)F)c3)s2)ncn1. The number of amides is 2. The molecule has 184 valence electrons. The summed E-state index contributed by atoms with van der Waals surface area (Å²) in [6, 6.07) is 4.34. The van der Waals surface area contributed by atoms with E-state index in [1.807, 2.05) is 0 Å². The maximum atomic E-state index is 13.0. The molecule has 0 saturated heterocycles. The van der Waals surface area contributed by atoms with Crippen molar-refractivity contribution in [1.29, 1.82) is 0 Å². The zero-order valence-corrected chi connectivity index (χ0v) is 18.9. The molecule has 2 heterocycles. The molecule has 0 unspecified atom stereocenters. The van der Waals surface area contributed by atoms with Gasteiger partial charge in [-0.1, -0.05) is 11.6 Å². The van der Waals surface area contributed by atoms with Gasteiger partial charge in [0.15, 0.2) is 0 Å². The average Bonchev–Trinajstić information content (AvgIpc) is 3.31. The third kappa shape index (κ3) is 6.75. The molecule has 3 rings (SSSR count). The Morgan fingerprint density at radius 2 is 1.89 bits per heavy atom. The molecule has 0 aliphatic carbocycles. The van der Waals surface area contributed by atoms with Crippen LogP contribution in [0.2, 0.25) is 5.02 Å². The van der Waals surface area contributed by atoms with Crippen molar-refractivity contribution in [2.45, 2.75) is 12.7 Å².